The average molecular weight is 631 g/mol. The predicted molar refractivity (Wildman–Crippen MR) is 165 cm³/mol. The van der Waals surface area contributed by atoms with Crippen LogP contribution in [0.3, 0.4) is 0 Å². The van der Waals surface area contributed by atoms with Gasteiger partial charge in [-0.15, -0.1) is 5.48 Å². The first-order valence-electron chi connectivity index (χ1n) is 14.7. The number of piperidine rings is 1. The normalized spacial score (nSPS) is 20.4. The molecule has 4 rings (SSSR count). The molecule has 1 saturated heterocycles. The second kappa shape index (κ2) is 13.1. The molecule has 2 amide bonds. The van der Waals surface area contributed by atoms with E-state index >= 15 is 0 Å². The summed E-state index contributed by atoms with van der Waals surface area (Å²) in [6, 6.07) is 4.68. The molecule has 0 aliphatic carbocycles. The van der Waals surface area contributed by atoms with E-state index in [9.17, 15) is 22.8 Å². The van der Waals surface area contributed by atoms with E-state index < -0.39 is 50.9 Å². The lowest BCUT2D eigenvalue weighted by Gasteiger charge is -2.32. The summed E-state index contributed by atoms with van der Waals surface area (Å²) in [5.41, 5.74) is 8.33. The summed E-state index contributed by atoms with van der Waals surface area (Å²) < 4.78 is 34.7. The standard InChI is InChI=1S/C30H42N6O7S/c1-19-18-30(5,35-43-19)44(40,41)34-23(17-25(37)42-29(2,3)4)27(38)33-24(28(39)36-13-7-6-8-14-36)16-20-9-10-22-21(15-20)11-12-32-26(22)31/h9-12,15,18,23-24,34-35H,6-8,13-14,16-17H2,1-5H3,(H2,31,32)(H,33,38)/t23-,24?,30?/m0/s1. The van der Waals surface area contributed by atoms with E-state index in [1.165, 1.54) is 13.0 Å². The SMILES string of the molecule is CC1=CC(C)(S(=O)(=O)N[C@@H](CC(=O)OC(C)(C)C)C(=O)NC(Cc2ccc3c(N)nccc3c2)C(=O)N2CCCCC2)NO1. The number of esters is 1. The number of carbonyl (C=O) groups excluding carboxylic acids is 3. The lowest BCUT2D eigenvalue weighted by molar-refractivity contribution is -0.156. The summed E-state index contributed by atoms with van der Waals surface area (Å²) >= 11 is 0. The number of pyridine rings is 1. The van der Waals surface area contributed by atoms with Gasteiger partial charge in [0.05, 0.1) is 6.42 Å². The first kappa shape index (κ1) is 33.1. The summed E-state index contributed by atoms with van der Waals surface area (Å²) in [5.74, 6) is -1.21. The molecule has 2 unspecified atom stereocenters. The van der Waals surface area contributed by atoms with Crippen molar-refractivity contribution in [2.24, 2.45) is 0 Å². The number of rotatable bonds is 10. The number of likely N-dealkylation sites (tertiary alicyclic amines) is 1. The van der Waals surface area contributed by atoms with Gasteiger partial charge in [-0.3, -0.25) is 14.4 Å². The Morgan fingerprint density at radius 2 is 1.86 bits per heavy atom. The highest BCUT2D eigenvalue weighted by Gasteiger charge is 2.45. The summed E-state index contributed by atoms with van der Waals surface area (Å²) in [7, 11) is -4.33. The number of hydrogen-bond acceptors (Lipinski definition) is 10. The predicted octanol–water partition coefficient (Wildman–Crippen LogP) is 2.03. The quantitative estimate of drug-likeness (QED) is 0.284. The number of aromatic nitrogens is 1. The number of amides is 2. The Morgan fingerprint density at radius 1 is 1.16 bits per heavy atom. The Balaban J connectivity index is 1.63. The lowest BCUT2D eigenvalue weighted by atomic mass is 10.00. The number of nitrogens with zero attached hydrogens (tertiary/aromatic N) is 2. The topological polar surface area (TPSA) is 182 Å². The zero-order chi connectivity index (χ0) is 32.3. The molecule has 13 nitrogen and oxygen atoms in total. The summed E-state index contributed by atoms with van der Waals surface area (Å²) in [6.45, 7) is 9.03. The molecule has 1 aromatic heterocycles. The fourth-order valence-corrected chi connectivity index (χ4v) is 6.51. The van der Waals surface area contributed by atoms with Crippen molar-refractivity contribution in [3.8, 4) is 0 Å². The van der Waals surface area contributed by atoms with Crippen LogP contribution in [0, 0.1) is 0 Å². The highest BCUT2D eigenvalue weighted by Crippen LogP contribution is 2.25. The molecular formula is C30H42N6O7S. The molecule has 0 bridgehead atoms. The van der Waals surface area contributed by atoms with Gasteiger partial charge in [0.25, 0.3) is 0 Å². The van der Waals surface area contributed by atoms with Crippen molar-refractivity contribution in [3.63, 3.8) is 0 Å². The van der Waals surface area contributed by atoms with Gasteiger partial charge in [-0.2, -0.15) is 0 Å². The number of sulfonamides is 1. The Bertz CT molecular complexity index is 1550. The van der Waals surface area contributed by atoms with Gasteiger partial charge in [-0.1, -0.05) is 18.2 Å². The van der Waals surface area contributed by atoms with Crippen LogP contribution in [0.15, 0.2) is 42.3 Å². The Kier molecular flexibility index (Phi) is 9.86. The minimum Gasteiger partial charge on any atom is -0.460 e. The molecule has 0 saturated carbocycles. The number of carbonyl (C=O) groups is 3. The lowest BCUT2D eigenvalue weighted by Crippen LogP contribution is -2.59. The maximum absolute atomic E-state index is 13.8. The van der Waals surface area contributed by atoms with Crippen molar-refractivity contribution in [1.29, 1.82) is 0 Å². The number of hydrogen-bond donors (Lipinski definition) is 4. The zero-order valence-corrected chi connectivity index (χ0v) is 26.6. The largest absolute Gasteiger partial charge is 0.460 e. The second-order valence-electron chi connectivity index (χ2n) is 12.4. The van der Waals surface area contributed by atoms with Crippen LogP contribution in [-0.2, 0) is 40.4 Å². The zero-order valence-electron chi connectivity index (χ0n) is 25.8. The molecule has 3 heterocycles. The van der Waals surface area contributed by atoms with Gasteiger partial charge >= 0.3 is 5.97 Å². The van der Waals surface area contributed by atoms with Crippen molar-refractivity contribution in [1.82, 2.24) is 25.4 Å². The van der Waals surface area contributed by atoms with Gasteiger partial charge < -0.3 is 25.5 Å². The minimum atomic E-state index is -4.33. The van der Waals surface area contributed by atoms with E-state index in [1.54, 1.807) is 44.9 Å². The molecule has 3 atom stereocenters. The van der Waals surface area contributed by atoms with Crippen LogP contribution in [0.4, 0.5) is 5.82 Å². The maximum Gasteiger partial charge on any atom is 0.308 e. The summed E-state index contributed by atoms with van der Waals surface area (Å²) in [4.78, 5) is 49.7. The third-order valence-electron chi connectivity index (χ3n) is 7.44. The number of nitrogens with two attached hydrogens (primary N) is 1. The van der Waals surface area contributed by atoms with E-state index in [1.807, 2.05) is 18.2 Å². The molecule has 0 radical (unpaired) electrons. The van der Waals surface area contributed by atoms with E-state index in [-0.39, 0.29) is 12.3 Å². The Hall–Kier alpha value is -3.75. The van der Waals surface area contributed by atoms with Crippen molar-refractivity contribution in [3.05, 3.63) is 47.9 Å². The smallest absolute Gasteiger partial charge is 0.308 e. The molecular weight excluding hydrogens is 588 g/mol. The van der Waals surface area contributed by atoms with Crippen molar-refractivity contribution in [2.75, 3.05) is 18.8 Å². The molecule has 0 spiro atoms. The second-order valence-corrected chi connectivity index (χ2v) is 14.5. The fraction of sp³-hybridized carbons (Fsp3) is 0.533. The van der Waals surface area contributed by atoms with Gasteiger partial charge in [0.1, 0.15) is 29.3 Å². The molecule has 2 aromatic rings. The van der Waals surface area contributed by atoms with E-state index in [0.29, 0.717) is 24.7 Å². The van der Waals surface area contributed by atoms with Crippen molar-refractivity contribution >= 4 is 44.4 Å². The molecule has 44 heavy (non-hydrogen) atoms. The minimum absolute atomic E-state index is 0.125. The van der Waals surface area contributed by atoms with E-state index in [0.717, 1.165) is 35.6 Å². The van der Waals surface area contributed by atoms with Crippen LogP contribution in [-0.4, -0.2) is 71.7 Å². The van der Waals surface area contributed by atoms with Crippen LogP contribution >= 0.6 is 0 Å². The van der Waals surface area contributed by atoms with E-state index in [4.69, 9.17) is 15.3 Å². The maximum atomic E-state index is 13.8. The first-order chi connectivity index (χ1) is 20.6. The van der Waals surface area contributed by atoms with Gasteiger partial charge in [0.2, 0.25) is 21.8 Å². The van der Waals surface area contributed by atoms with Crippen molar-refractivity contribution < 1.29 is 32.4 Å². The fourth-order valence-electron chi connectivity index (χ4n) is 5.23. The van der Waals surface area contributed by atoms with Crippen molar-refractivity contribution in [2.45, 2.75) is 89.3 Å². The van der Waals surface area contributed by atoms with Crippen LogP contribution < -0.4 is 21.3 Å². The van der Waals surface area contributed by atoms with Crippen LogP contribution in [0.25, 0.3) is 10.8 Å². The number of nitrogen functional groups attached to an aromatic ring is 1. The average Bonchev–Trinajstić information content (AvgIpc) is 3.31. The molecule has 1 aromatic carbocycles. The molecule has 1 fully saturated rings. The van der Waals surface area contributed by atoms with E-state index in [2.05, 4.69) is 20.5 Å². The van der Waals surface area contributed by atoms with Gasteiger partial charge in [0.15, 0.2) is 4.87 Å². The third kappa shape index (κ3) is 8.04. The molecule has 14 heteroatoms. The number of anilines is 1. The molecule has 2 aliphatic rings. The number of benzene rings is 1. The van der Waals surface area contributed by atoms with Gasteiger partial charge in [-0.25, -0.2) is 18.1 Å². The Labute approximate surface area is 257 Å². The van der Waals surface area contributed by atoms with Gasteiger partial charge in [0, 0.05) is 31.1 Å². The molecule has 240 valence electrons. The summed E-state index contributed by atoms with van der Waals surface area (Å²) in [6.07, 6.45) is 5.16. The number of ether oxygens (including phenoxy) is 1. The monoisotopic (exact) mass is 630 g/mol. The van der Waals surface area contributed by atoms with Crippen LogP contribution in [0.5, 0.6) is 0 Å². The first-order valence-corrected chi connectivity index (χ1v) is 16.1. The van der Waals surface area contributed by atoms with Crippen LogP contribution in [0.2, 0.25) is 0 Å². The Morgan fingerprint density at radius 3 is 2.50 bits per heavy atom. The highest BCUT2D eigenvalue weighted by atomic mass is 32.2. The third-order valence-corrected chi connectivity index (χ3v) is 9.35. The highest BCUT2D eigenvalue weighted by molar-refractivity contribution is 7.91. The van der Waals surface area contributed by atoms with Gasteiger partial charge in [-0.05, 0) is 77.0 Å². The molecule has 2 aliphatic heterocycles. The van der Waals surface area contributed by atoms with Crippen LogP contribution in [0.1, 0.15) is 65.9 Å². The number of fused-ring (bicyclic) bond motifs is 1. The number of hydroxylamine groups is 1. The number of allylic oxidation sites excluding steroid dienone is 1. The summed E-state index contributed by atoms with van der Waals surface area (Å²) in [5, 5.41) is 4.34. The molecule has 5 N–H and O–H groups in total. The number of nitrogens with one attached hydrogen (secondary N) is 3.